The summed E-state index contributed by atoms with van der Waals surface area (Å²) in [5.74, 6) is 1.91. The molecule has 0 aliphatic heterocycles. The normalized spacial score (nSPS) is 13.2. The van der Waals surface area contributed by atoms with Gasteiger partial charge in [-0.05, 0) is 22.8 Å². The van der Waals surface area contributed by atoms with Gasteiger partial charge in [0.1, 0.15) is 5.58 Å². The molecule has 0 saturated heterocycles. The lowest BCUT2D eigenvalue weighted by atomic mass is 9.80. The SMILES string of the molecule is CC1(C)c2ccccc2-c2c1c(-c1ccc(-c3nc(-c4ccccc4)nc(-c4ccccc4)n3)cc1)nc1oc3ccccc3c21. The molecule has 0 unspecified atom stereocenters. The van der Waals surface area contributed by atoms with E-state index in [2.05, 4.69) is 74.5 Å². The van der Waals surface area contributed by atoms with Crippen LogP contribution in [0.5, 0.6) is 0 Å². The monoisotopic (exact) mass is 592 g/mol. The van der Waals surface area contributed by atoms with Crippen LogP contribution in [0.3, 0.4) is 0 Å². The largest absolute Gasteiger partial charge is 0.438 e. The van der Waals surface area contributed by atoms with E-state index in [4.69, 9.17) is 24.4 Å². The van der Waals surface area contributed by atoms with Gasteiger partial charge in [-0.1, -0.05) is 141 Å². The molecule has 1 aliphatic carbocycles. The maximum Gasteiger partial charge on any atom is 0.228 e. The van der Waals surface area contributed by atoms with Gasteiger partial charge in [0.05, 0.1) is 11.1 Å². The third kappa shape index (κ3) is 4.02. The molecule has 46 heavy (non-hydrogen) atoms. The molecule has 3 aromatic heterocycles. The minimum Gasteiger partial charge on any atom is -0.438 e. The van der Waals surface area contributed by atoms with E-state index in [-0.39, 0.29) is 5.41 Å². The Kier molecular flexibility index (Phi) is 5.78. The summed E-state index contributed by atoms with van der Waals surface area (Å²) in [5, 5.41) is 2.17. The molecule has 5 aromatic carbocycles. The van der Waals surface area contributed by atoms with E-state index in [9.17, 15) is 0 Å². The van der Waals surface area contributed by atoms with Crippen molar-refractivity contribution in [3.63, 3.8) is 0 Å². The highest BCUT2D eigenvalue weighted by molar-refractivity contribution is 6.15. The van der Waals surface area contributed by atoms with Gasteiger partial charge >= 0.3 is 0 Å². The minimum absolute atomic E-state index is 0.247. The van der Waals surface area contributed by atoms with Gasteiger partial charge in [0.25, 0.3) is 0 Å². The van der Waals surface area contributed by atoms with Crippen LogP contribution in [-0.2, 0) is 5.41 Å². The molecule has 1 aliphatic rings. The number of benzene rings is 5. The first-order valence-electron chi connectivity index (χ1n) is 15.5. The van der Waals surface area contributed by atoms with Crippen molar-refractivity contribution >= 4 is 22.1 Å². The molecule has 0 radical (unpaired) electrons. The van der Waals surface area contributed by atoms with Gasteiger partial charge in [0, 0.05) is 38.6 Å². The van der Waals surface area contributed by atoms with Crippen molar-refractivity contribution in [2.45, 2.75) is 19.3 Å². The van der Waals surface area contributed by atoms with Gasteiger partial charge in [-0.15, -0.1) is 0 Å². The van der Waals surface area contributed by atoms with Crippen LogP contribution in [0, 0.1) is 0 Å². The Morgan fingerprint density at radius 1 is 0.500 bits per heavy atom. The molecular formula is C41H28N4O. The zero-order valence-electron chi connectivity index (χ0n) is 25.4. The number of nitrogens with zero attached hydrogens (tertiary/aromatic N) is 4. The second kappa shape index (κ2) is 10.0. The lowest BCUT2D eigenvalue weighted by Gasteiger charge is -2.24. The summed E-state index contributed by atoms with van der Waals surface area (Å²) in [7, 11) is 0. The Bertz CT molecular complexity index is 2370. The maximum atomic E-state index is 6.39. The van der Waals surface area contributed by atoms with Crippen LogP contribution in [0.4, 0.5) is 0 Å². The summed E-state index contributed by atoms with van der Waals surface area (Å²) in [6, 6.07) is 45.5. The molecule has 0 saturated carbocycles. The molecule has 5 heteroatoms. The predicted octanol–water partition coefficient (Wildman–Crippen LogP) is 10.1. The van der Waals surface area contributed by atoms with Crippen LogP contribution in [0.25, 0.3) is 78.6 Å². The van der Waals surface area contributed by atoms with E-state index in [1.165, 1.54) is 22.3 Å². The van der Waals surface area contributed by atoms with Gasteiger partial charge in [-0.2, -0.15) is 0 Å². The fraction of sp³-hybridized carbons (Fsp3) is 0.0732. The number of rotatable bonds is 4. The fourth-order valence-corrected chi connectivity index (χ4v) is 6.94. The molecule has 8 aromatic rings. The minimum atomic E-state index is -0.247. The summed E-state index contributed by atoms with van der Waals surface area (Å²) >= 11 is 0. The molecule has 9 rings (SSSR count). The van der Waals surface area contributed by atoms with E-state index in [0.29, 0.717) is 23.2 Å². The van der Waals surface area contributed by atoms with Crippen molar-refractivity contribution in [3.8, 4) is 56.5 Å². The Morgan fingerprint density at radius 2 is 1.02 bits per heavy atom. The molecular weight excluding hydrogens is 564 g/mol. The molecule has 0 atom stereocenters. The number of pyridine rings is 1. The van der Waals surface area contributed by atoms with Crippen molar-refractivity contribution in [3.05, 3.63) is 145 Å². The Labute approximate surface area is 266 Å². The molecule has 0 N–H and O–H groups in total. The molecule has 0 bridgehead atoms. The number of aromatic nitrogens is 4. The first-order chi connectivity index (χ1) is 22.6. The summed E-state index contributed by atoms with van der Waals surface area (Å²) < 4.78 is 6.39. The lowest BCUT2D eigenvalue weighted by Crippen LogP contribution is -2.17. The summed E-state index contributed by atoms with van der Waals surface area (Å²) in [5.41, 5.74) is 11.0. The van der Waals surface area contributed by atoms with Gasteiger partial charge in [0.2, 0.25) is 5.71 Å². The lowest BCUT2D eigenvalue weighted by molar-refractivity contribution is 0.645. The fourth-order valence-electron chi connectivity index (χ4n) is 6.94. The second-order valence-corrected chi connectivity index (χ2v) is 12.3. The van der Waals surface area contributed by atoms with Crippen molar-refractivity contribution in [1.82, 2.24) is 19.9 Å². The smallest absolute Gasteiger partial charge is 0.228 e. The van der Waals surface area contributed by atoms with Crippen LogP contribution in [0.2, 0.25) is 0 Å². The Hall–Kier alpha value is -5.94. The predicted molar refractivity (Wildman–Crippen MR) is 184 cm³/mol. The number of hydrogen-bond donors (Lipinski definition) is 0. The number of hydrogen-bond acceptors (Lipinski definition) is 5. The van der Waals surface area contributed by atoms with E-state index in [0.717, 1.165) is 44.3 Å². The molecule has 0 spiro atoms. The van der Waals surface area contributed by atoms with Crippen molar-refractivity contribution in [1.29, 1.82) is 0 Å². The number of furan rings is 1. The van der Waals surface area contributed by atoms with Crippen molar-refractivity contribution in [2.75, 3.05) is 0 Å². The Balaban J connectivity index is 1.23. The first-order valence-corrected chi connectivity index (χ1v) is 15.5. The average molecular weight is 593 g/mol. The second-order valence-electron chi connectivity index (χ2n) is 12.3. The first kappa shape index (κ1) is 26.5. The van der Waals surface area contributed by atoms with Crippen LogP contribution >= 0.6 is 0 Å². The van der Waals surface area contributed by atoms with Crippen LogP contribution in [-0.4, -0.2) is 19.9 Å². The molecule has 218 valence electrons. The molecule has 5 nitrogen and oxygen atoms in total. The van der Waals surface area contributed by atoms with Crippen LogP contribution < -0.4 is 0 Å². The topological polar surface area (TPSA) is 64.7 Å². The maximum absolute atomic E-state index is 6.39. The van der Waals surface area contributed by atoms with Crippen molar-refractivity contribution < 1.29 is 4.42 Å². The molecule has 0 amide bonds. The van der Waals surface area contributed by atoms with E-state index >= 15 is 0 Å². The summed E-state index contributed by atoms with van der Waals surface area (Å²) in [6.07, 6.45) is 0. The highest BCUT2D eigenvalue weighted by atomic mass is 16.3. The van der Waals surface area contributed by atoms with Gasteiger partial charge in [-0.3, -0.25) is 0 Å². The highest BCUT2D eigenvalue weighted by Gasteiger charge is 2.40. The Morgan fingerprint density at radius 3 is 1.67 bits per heavy atom. The van der Waals surface area contributed by atoms with Gasteiger partial charge < -0.3 is 4.42 Å². The van der Waals surface area contributed by atoms with Crippen molar-refractivity contribution in [2.24, 2.45) is 0 Å². The summed E-state index contributed by atoms with van der Waals surface area (Å²) in [4.78, 5) is 19.9. The third-order valence-corrected chi connectivity index (χ3v) is 9.14. The average Bonchev–Trinajstić information content (AvgIpc) is 3.60. The van der Waals surface area contributed by atoms with E-state index in [1.807, 2.05) is 72.8 Å². The highest BCUT2D eigenvalue weighted by Crippen LogP contribution is 2.55. The van der Waals surface area contributed by atoms with Crippen LogP contribution in [0.15, 0.2) is 138 Å². The standard InChI is InChI=1S/C41H28N4O/c1-41(2)31-19-11-9-17-29(31)33-34-30-18-10-12-20-32(30)46-40(34)42-36(35(33)41)25-21-23-28(24-22-25)39-44-37(26-13-5-3-6-14-26)43-38(45-39)27-15-7-4-8-16-27/h3-24H,1-2H3. The third-order valence-electron chi connectivity index (χ3n) is 9.14. The summed E-state index contributed by atoms with van der Waals surface area (Å²) in [6.45, 7) is 4.60. The number of fused-ring (bicyclic) bond motifs is 7. The zero-order valence-corrected chi connectivity index (χ0v) is 25.4. The quantitative estimate of drug-likeness (QED) is 0.203. The van der Waals surface area contributed by atoms with Gasteiger partial charge in [0.15, 0.2) is 17.5 Å². The van der Waals surface area contributed by atoms with Crippen LogP contribution in [0.1, 0.15) is 25.0 Å². The molecule has 3 heterocycles. The van der Waals surface area contributed by atoms with E-state index in [1.54, 1.807) is 0 Å². The number of para-hydroxylation sites is 1. The van der Waals surface area contributed by atoms with Gasteiger partial charge in [-0.25, -0.2) is 19.9 Å². The van der Waals surface area contributed by atoms with E-state index < -0.39 is 0 Å². The zero-order chi connectivity index (χ0) is 30.8. The molecule has 0 fully saturated rings.